The minimum absolute atomic E-state index is 0.148. The summed E-state index contributed by atoms with van der Waals surface area (Å²) in [6, 6.07) is 5.89. The molecular formula is C16H24N2O3. The summed E-state index contributed by atoms with van der Waals surface area (Å²) >= 11 is 0. The first-order valence-corrected chi connectivity index (χ1v) is 7.44. The second kappa shape index (κ2) is 7.31. The average molecular weight is 292 g/mol. The Morgan fingerprint density at radius 1 is 1.33 bits per heavy atom. The van der Waals surface area contributed by atoms with Gasteiger partial charge in [0.1, 0.15) is 5.75 Å². The highest BCUT2D eigenvalue weighted by molar-refractivity contribution is 5.74. The van der Waals surface area contributed by atoms with Crippen molar-refractivity contribution in [1.82, 2.24) is 10.6 Å². The maximum Gasteiger partial charge on any atom is 0.315 e. The molecule has 1 aliphatic rings. The number of hydrogen-bond acceptors (Lipinski definition) is 3. The smallest absolute Gasteiger partial charge is 0.315 e. The summed E-state index contributed by atoms with van der Waals surface area (Å²) in [5, 5.41) is 15.3. The molecule has 0 unspecified atom stereocenters. The van der Waals surface area contributed by atoms with E-state index in [1.165, 1.54) is 0 Å². The summed E-state index contributed by atoms with van der Waals surface area (Å²) in [6.45, 7) is 2.47. The van der Waals surface area contributed by atoms with Gasteiger partial charge in [0.25, 0.3) is 0 Å². The maximum absolute atomic E-state index is 11.9. The van der Waals surface area contributed by atoms with Crippen LogP contribution in [-0.4, -0.2) is 30.4 Å². The third kappa shape index (κ3) is 4.63. The van der Waals surface area contributed by atoms with Gasteiger partial charge in [-0.3, -0.25) is 0 Å². The molecule has 1 aromatic carbocycles. The van der Waals surface area contributed by atoms with Crippen molar-refractivity contribution in [1.29, 1.82) is 0 Å². The SMILES string of the molecule is COc1ccc(CNC(=O)NC2CCC(O)CC2)cc1C. The number of rotatable bonds is 4. The van der Waals surface area contributed by atoms with E-state index in [9.17, 15) is 9.90 Å². The number of urea groups is 1. The topological polar surface area (TPSA) is 70.6 Å². The lowest BCUT2D eigenvalue weighted by atomic mass is 9.93. The van der Waals surface area contributed by atoms with Crippen LogP contribution in [0.2, 0.25) is 0 Å². The molecule has 0 bridgehead atoms. The van der Waals surface area contributed by atoms with Gasteiger partial charge in [-0.1, -0.05) is 12.1 Å². The molecule has 5 heteroatoms. The molecule has 5 nitrogen and oxygen atoms in total. The van der Waals surface area contributed by atoms with E-state index >= 15 is 0 Å². The highest BCUT2D eigenvalue weighted by atomic mass is 16.5. The zero-order valence-electron chi connectivity index (χ0n) is 12.7. The fourth-order valence-electron chi connectivity index (χ4n) is 2.69. The molecule has 0 spiro atoms. The first-order chi connectivity index (χ1) is 10.1. The zero-order valence-corrected chi connectivity index (χ0v) is 12.7. The first-order valence-electron chi connectivity index (χ1n) is 7.44. The Labute approximate surface area is 125 Å². The van der Waals surface area contributed by atoms with Crippen molar-refractivity contribution in [3.8, 4) is 5.75 Å². The fraction of sp³-hybridized carbons (Fsp3) is 0.562. The van der Waals surface area contributed by atoms with Crippen LogP contribution in [0.25, 0.3) is 0 Å². The van der Waals surface area contributed by atoms with Crippen molar-refractivity contribution >= 4 is 6.03 Å². The van der Waals surface area contributed by atoms with Crippen LogP contribution in [0.1, 0.15) is 36.8 Å². The molecule has 0 radical (unpaired) electrons. The van der Waals surface area contributed by atoms with Crippen molar-refractivity contribution in [2.75, 3.05) is 7.11 Å². The number of aliphatic hydroxyl groups excluding tert-OH is 1. The number of benzene rings is 1. The molecule has 116 valence electrons. The van der Waals surface area contributed by atoms with Gasteiger partial charge in [0, 0.05) is 12.6 Å². The van der Waals surface area contributed by atoms with Crippen molar-refractivity contribution in [2.24, 2.45) is 0 Å². The standard InChI is InChI=1S/C16H24N2O3/c1-11-9-12(3-8-15(11)21-2)10-17-16(20)18-13-4-6-14(19)7-5-13/h3,8-9,13-14,19H,4-7,10H2,1-2H3,(H2,17,18,20). The van der Waals surface area contributed by atoms with E-state index in [-0.39, 0.29) is 18.2 Å². The Hall–Kier alpha value is -1.75. The normalized spacial score (nSPS) is 21.7. The molecule has 1 aliphatic carbocycles. The number of aliphatic hydroxyl groups is 1. The van der Waals surface area contributed by atoms with Crippen LogP contribution < -0.4 is 15.4 Å². The molecule has 0 heterocycles. The van der Waals surface area contributed by atoms with Crippen LogP contribution in [0.3, 0.4) is 0 Å². The van der Waals surface area contributed by atoms with Crippen LogP contribution in [-0.2, 0) is 6.54 Å². The number of methoxy groups -OCH3 is 1. The molecule has 0 saturated heterocycles. The van der Waals surface area contributed by atoms with Crippen LogP contribution >= 0.6 is 0 Å². The Morgan fingerprint density at radius 3 is 2.67 bits per heavy atom. The van der Waals surface area contributed by atoms with Gasteiger partial charge in [-0.2, -0.15) is 0 Å². The summed E-state index contributed by atoms with van der Waals surface area (Å²) < 4.78 is 5.21. The minimum Gasteiger partial charge on any atom is -0.496 e. The van der Waals surface area contributed by atoms with E-state index < -0.39 is 0 Å². The van der Waals surface area contributed by atoms with Gasteiger partial charge in [-0.05, 0) is 49.8 Å². The molecule has 0 atom stereocenters. The van der Waals surface area contributed by atoms with Crippen molar-refractivity contribution in [3.05, 3.63) is 29.3 Å². The van der Waals surface area contributed by atoms with E-state index in [4.69, 9.17) is 4.74 Å². The van der Waals surface area contributed by atoms with Gasteiger partial charge < -0.3 is 20.5 Å². The van der Waals surface area contributed by atoms with Gasteiger partial charge in [-0.15, -0.1) is 0 Å². The summed E-state index contributed by atoms with van der Waals surface area (Å²) in [5.74, 6) is 0.851. The minimum atomic E-state index is -0.201. The predicted molar refractivity (Wildman–Crippen MR) is 81.4 cm³/mol. The lowest BCUT2D eigenvalue weighted by Crippen LogP contribution is -2.43. The molecule has 0 aromatic heterocycles. The van der Waals surface area contributed by atoms with Gasteiger partial charge in [0.2, 0.25) is 0 Å². The largest absolute Gasteiger partial charge is 0.496 e. The third-order valence-corrected chi connectivity index (χ3v) is 3.94. The van der Waals surface area contributed by atoms with E-state index in [1.54, 1.807) is 7.11 Å². The van der Waals surface area contributed by atoms with Gasteiger partial charge in [0.15, 0.2) is 0 Å². The highest BCUT2D eigenvalue weighted by Crippen LogP contribution is 2.19. The van der Waals surface area contributed by atoms with Crippen LogP contribution in [0.4, 0.5) is 4.79 Å². The number of carbonyl (C=O) groups excluding carboxylic acids is 1. The van der Waals surface area contributed by atoms with Crippen molar-refractivity contribution in [3.63, 3.8) is 0 Å². The van der Waals surface area contributed by atoms with Crippen LogP contribution in [0.15, 0.2) is 18.2 Å². The average Bonchev–Trinajstić information content (AvgIpc) is 2.48. The first kappa shape index (κ1) is 15.6. The monoisotopic (exact) mass is 292 g/mol. The Kier molecular flexibility index (Phi) is 5.44. The molecule has 2 rings (SSSR count). The molecule has 1 fully saturated rings. The Bertz CT molecular complexity index is 482. The van der Waals surface area contributed by atoms with Crippen molar-refractivity contribution in [2.45, 2.75) is 51.3 Å². The highest BCUT2D eigenvalue weighted by Gasteiger charge is 2.20. The quantitative estimate of drug-likeness (QED) is 0.796. The molecule has 0 aliphatic heterocycles. The van der Waals surface area contributed by atoms with Gasteiger partial charge >= 0.3 is 6.03 Å². The molecule has 3 N–H and O–H groups in total. The lowest BCUT2D eigenvalue weighted by molar-refractivity contribution is 0.117. The fourth-order valence-corrected chi connectivity index (χ4v) is 2.69. The van der Waals surface area contributed by atoms with Crippen LogP contribution in [0.5, 0.6) is 5.75 Å². The number of carbonyl (C=O) groups is 1. The summed E-state index contributed by atoms with van der Waals surface area (Å²) in [6.07, 6.45) is 3.02. The van der Waals surface area contributed by atoms with Crippen LogP contribution in [0, 0.1) is 6.92 Å². The molecular weight excluding hydrogens is 268 g/mol. The summed E-state index contributed by atoms with van der Waals surface area (Å²) in [4.78, 5) is 11.9. The number of nitrogens with one attached hydrogen (secondary N) is 2. The zero-order chi connectivity index (χ0) is 15.2. The van der Waals surface area contributed by atoms with E-state index in [0.717, 1.165) is 42.6 Å². The summed E-state index contributed by atoms with van der Waals surface area (Å²) in [5.41, 5.74) is 2.10. The molecule has 21 heavy (non-hydrogen) atoms. The second-order valence-corrected chi connectivity index (χ2v) is 5.64. The van der Waals surface area contributed by atoms with E-state index in [1.807, 2.05) is 25.1 Å². The number of ether oxygens (including phenoxy) is 1. The number of amides is 2. The molecule has 2 amide bonds. The van der Waals surface area contributed by atoms with Gasteiger partial charge in [0.05, 0.1) is 13.2 Å². The Balaban J connectivity index is 1.77. The molecule has 1 saturated carbocycles. The lowest BCUT2D eigenvalue weighted by Gasteiger charge is -2.26. The van der Waals surface area contributed by atoms with Gasteiger partial charge in [-0.25, -0.2) is 4.79 Å². The van der Waals surface area contributed by atoms with E-state index in [2.05, 4.69) is 10.6 Å². The second-order valence-electron chi connectivity index (χ2n) is 5.64. The van der Waals surface area contributed by atoms with E-state index in [0.29, 0.717) is 6.54 Å². The van der Waals surface area contributed by atoms with Crippen molar-refractivity contribution < 1.29 is 14.6 Å². The number of hydrogen-bond donors (Lipinski definition) is 3. The predicted octanol–water partition coefficient (Wildman–Crippen LogP) is 2.11. The Morgan fingerprint density at radius 2 is 2.05 bits per heavy atom. The number of aryl methyl sites for hydroxylation is 1. The maximum atomic E-state index is 11.9. The third-order valence-electron chi connectivity index (χ3n) is 3.94. The molecule has 1 aromatic rings. The summed E-state index contributed by atoms with van der Waals surface area (Å²) in [7, 11) is 1.65.